The molecule has 0 bridgehead atoms. The van der Waals surface area contributed by atoms with Crippen molar-refractivity contribution in [1.82, 2.24) is 10.2 Å². The number of anilines is 1. The van der Waals surface area contributed by atoms with Gasteiger partial charge in [-0.15, -0.1) is 10.2 Å². The molecule has 0 saturated carbocycles. The van der Waals surface area contributed by atoms with E-state index in [1.807, 2.05) is 6.07 Å². The van der Waals surface area contributed by atoms with E-state index in [0.29, 0.717) is 5.82 Å². The molecule has 17 heavy (non-hydrogen) atoms. The lowest BCUT2D eigenvalue weighted by molar-refractivity contribution is -0.00962. The zero-order valence-corrected chi connectivity index (χ0v) is 8.86. The van der Waals surface area contributed by atoms with E-state index in [1.165, 1.54) is 6.07 Å². The summed E-state index contributed by atoms with van der Waals surface area (Å²) in [5.74, 6) is -2.30. The van der Waals surface area contributed by atoms with Crippen LogP contribution < -0.4 is 5.32 Å². The summed E-state index contributed by atoms with van der Waals surface area (Å²) < 4.78 is 30.5. The Morgan fingerprint density at radius 1 is 1.53 bits per heavy atom. The minimum Gasteiger partial charge on any atom is -0.370 e. The molecule has 1 aliphatic rings. The van der Waals surface area contributed by atoms with E-state index in [2.05, 4.69) is 15.5 Å². The molecule has 1 atom stereocenters. The predicted molar refractivity (Wildman–Crippen MR) is 54.5 cm³/mol. The van der Waals surface area contributed by atoms with Crippen LogP contribution in [-0.2, 0) is 4.74 Å². The third-order valence-electron chi connectivity index (χ3n) is 2.35. The standard InChI is InChI=1S/C10H10F2N4O/c11-10(12)3-8(17-6-10)5-14-9-2-1-7(4-13)15-16-9/h1-2,8H,3,5-6H2,(H,14,16). The fourth-order valence-corrected chi connectivity index (χ4v) is 1.53. The Balaban J connectivity index is 1.84. The molecular formula is C10H10F2N4O. The topological polar surface area (TPSA) is 70.8 Å². The Kier molecular flexibility index (Phi) is 3.15. The van der Waals surface area contributed by atoms with Crippen LogP contribution in [0.5, 0.6) is 0 Å². The largest absolute Gasteiger partial charge is 0.370 e. The van der Waals surface area contributed by atoms with Gasteiger partial charge in [-0.05, 0) is 12.1 Å². The third kappa shape index (κ3) is 3.07. The highest BCUT2D eigenvalue weighted by Gasteiger charge is 2.40. The zero-order valence-electron chi connectivity index (χ0n) is 8.86. The summed E-state index contributed by atoms with van der Waals surface area (Å²) in [7, 11) is 0. The van der Waals surface area contributed by atoms with Crippen LogP contribution in [0.4, 0.5) is 14.6 Å². The first-order valence-electron chi connectivity index (χ1n) is 5.06. The summed E-state index contributed by atoms with van der Waals surface area (Å²) in [5.41, 5.74) is 0.208. The lowest BCUT2D eigenvalue weighted by Crippen LogP contribution is -2.21. The number of rotatable bonds is 3. The third-order valence-corrected chi connectivity index (χ3v) is 2.35. The summed E-state index contributed by atoms with van der Waals surface area (Å²) >= 11 is 0. The van der Waals surface area contributed by atoms with E-state index in [4.69, 9.17) is 10.00 Å². The highest BCUT2D eigenvalue weighted by Crippen LogP contribution is 2.29. The van der Waals surface area contributed by atoms with Gasteiger partial charge in [0, 0.05) is 13.0 Å². The minimum absolute atomic E-state index is 0.208. The van der Waals surface area contributed by atoms with E-state index >= 15 is 0 Å². The second-order valence-corrected chi connectivity index (χ2v) is 3.79. The molecule has 90 valence electrons. The quantitative estimate of drug-likeness (QED) is 0.859. The lowest BCUT2D eigenvalue weighted by Gasteiger charge is -2.10. The van der Waals surface area contributed by atoms with Gasteiger partial charge in [0.05, 0.1) is 6.10 Å². The second-order valence-electron chi connectivity index (χ2n) is 3.79. The van der Waals surface area contributed by atoms with Crippen molar-refractivity contribution in [3.8, 4) is 6.07 Å². The molecule has 2 heterocycles. The van der Waals surface area contributed by atoms with Gasteiger partial charge in [0.1, 0.15) is 18.5 Å². The lowest BCUT2D eigenvalue weighted by atomic mass is 10.2. The number of aromatic nitrogens is 2. The van der Waals surface area contributed by atoms with Crippen LogP contribution >= 0.6 is 0 Å². The molecule has 1 saturated heterocycles. The van der Waals surface area contributed by atoms with E-state index in [-0.39, 0.29) is 18.7 Å². The number of ether oxygens (including phenoxy) is 1. The van der Waals surface area contributed by atoms with Gasteiger partial charge in [-0.25, -0.2) is 8.78 Å². The van der Waals surface area contributed by atoms with Crippen LogP contribution in [0.25, 0.3) is 0 Å². The Labute approximate surface area is 96.4 Å². The van der Waals surface area contributed by atoms with Gasteiger partial charge in [-0.2, -0.15) is 5.26 Å². The fraction of sp³-hybridized carbons (Fsp3) is 0.500. The van der Waals surface area contributed by atoms with Crippen molar-refractivity contribution >= 4 is 5.82 Å². The highest BCUT2D eigenvalue weighted by molar-refractivity contribution is 5.35. The Hall–Kier alpha value is -1.81. The van der Waals surface area contributed by atoms with Crippen molar-refractivity contribution in [1.29, 1.82) is 5.26 Å². The number of hydrogen-bond acceptors (Lipinski definition) is 5. The number of nitriles is 1. The van der Waals surface area contributed by atoms with Crippen molar-refractivity contribution in [3.05, 3.63) is 17.8 Å². The second kappa shape index (κ2) is 4.59. The molecule has 1 aromatic heterocycles. The molecule has 1 aromatic rings. The molecule has 0 amide bonds. The zero-order chi connectivity index (χ0) is 12.3. The molecule has 1 aliphatic heterocycles. The van der Waals surface area contributed by atoms with Gasteiger partial charge >= 0.3 is 0 Å². The van der Waals surface area contributed by atoms with Crippen molar-refractivity contribution in [3.63, 3.8) is 0 Å². The molecule has 0 spiro atoms. The first kappa shape index (κ1) is 11.7. The van der Waals surface area contributed by atoms with Crippen LogP contribution in [0.1, 0.15) is 12.1 Å². The monoisotopic (exact) mass is 240 g/mol. The molecule has 0 aromatic carbocycles. The summed E-state index contributed by atoms with van der Waals surface area (Å²) in [6.45, 7) is -0.283. The van der Waals surface area contributed by atoms with Gasteiger partial charge in [0.25, 0.3) is 5.92 Å². The maximum absolute atomic E-state index is 12.8. The van der Waals surface area contributed by atoms with E-state index in [1.54, 1.807) is 6.07 Å². The number of halogens is 2. The molecule has 5 nitrogen and oxygen atoms in total. The number of hydrogen-bond donors (Lipinski definition) is 1. The minimum atomic E-state index is -2.73. The van der Waals surface area contributed by atoms with Crippen LogP contribution in [0.3, 0.4) is 0 Å². The molecule has 0 radical (unpaired) electrons. The SMILES string of the molecule is N#Cc1ccc(NCC2CC(F)(F)CO2)nn1. The normalized spacial score (nSPS) is 22.1. The highest BCUT2D eigenvalue weighted by atomic mass is 19.3. The smallest absolute Gasteiger partial charge is 0.273 e. The average molecular weight is 240 g/mol. The van der Waals surface area contributed by atoms with Gasteiger partial charge in [0.2, 0.25) is 0 Å². The van der Waals surface area contributed by atoms with E-state index < -0.39 is 18.6 Å². The molecule has 2 rings (SSSR count). The van der Waals surface area contributed by atoms with Gasteiger partial charge in [-0.1, -0.05) is 0 Å². The number of nitrogens with zero attached hydrogens (tertiary/aromatic N) is 3. The van der Waals surface area contributed by atoms with Crippen molar-refractivity contribution in [2.24, 2.45) is 0 Å². The summed E-state index contributed by atoms with van der Waals surface area (Å²) in [6.07, 6.45) is -0.814. The molecule has 7 heteroatoms. The number of nitrogens with one attached hydrogen (secondary N) is 1. The maximum Gasteiger partial charge on any atom is 0.273 e. The van der Waals surface area contributed by atoms with Crippen molar-refractivity contribution in [2.75, 3.05) is 18.5 Å². The first-order valence-corrected chi connectivity index (χ1v) is 5.06. The van der Waals surface area contributed by atoms with Crippen LogP contribution in [-0.4, -0.2) is 35.4 Å². The summed E-state index contributed by atoms with van der Waals surface area (Å²) in [5, 5.41) is 18.7. The van der Waals surface area contributed by atoms with Crippen LogP contribution in [0, 0.1) is 11.3 Å². The maximum atomic E-state index is 12.8. The summed E-state index contributed by atoms with van der Waals surface area (Å²) in [6, 6.07) is 4.90. The summed E-state index contributed by atoms with van der Waals surface area (Å²) in [4.78, 5) is 0. The van der Waals surface area contributed by atoms with E-state index in [0.717, 1.165) is 0 Å². The Morgan fingerprint density at radius 3 is 2.88 bits per heavy atom. The number of alkyl halides is 2. The average Bonchev–Trinajstić information content (AvgIpc) is 2.67. The predicted octanol–water partition coefficient (Wildman–Crippen LogP) is 1.18. The van der Waals surface area contributed by atoms with Crippen molar-refractivity contribution < 1.29 is 13.5 Å². The van der Waals surface area contributed by atoms with Gasteiger partial charge in [-0.3, -0.25) is 0 Å². The fourth-order valence-electron chi connectivity index (χ4n) is 1.53. The van der Waals surface area contributed by atoms with Crippen molar-refractivity contribution in [2.45, 2.75) is 18.4 Å². The molecule has 1 unspecified atom stereocenters. The van der Waals surface area contributed by atoms with Gasteiger partial charge < -0.3 is 10.1 Å². The first-order chi connectivity index (χ1) is 8.09. The van der Waals surface area contributed by atoms with Crippen LogP contribution in [0.15, 0.2) is 12.1 Å². The molecule has 1 N–H and O–H groups in total. The Morgan fingerprint density at radius 2 is 2.35 bits per heavy atom. The molecule has 0 aliphatic carbocycles. The molecule has 1 fully saturated rings. The van der Waals surface area contributed by atoms with E-state index in [9.17, 15) is 8.78 Å². The molecular weight excluding hydrogens is 230 g/mol. The van der Waals surface area contributed by atoms with Gasteiger partial charge in [0.15, 0.2) is 5.69 Å². The Bertz CT molecular complexity index is 429. The van der Waals surface area contributed by atoms with Crippen LogP contribution in [0.2, 0.25) is 0 Å².